The average molecular weight is 285 g/mol. The van der Waals surface area contributed by atoms with Crippen LogP contribution in [0.5, 0.6) is 0 Å². The minimum atomic E-state index is 0.377. The maximum absolute atomic E-state index is 3.11. The Morgan fingerprint density at radius 1 is 1.43 bits per heavy atom. The van der Waals surface area contributed by atoms with E-state index in [0.717, 1.165) is 0 Å². The van der Waals surface area contributed by atoms with Crippen LogP contribution >= 0.6 is 11.8 Å². The first-order chi connectivity index (χ1) is 3.06. The first kappa shape index (κ1) is 7.82. The Hall–Kier alpha value is 0.818. The van der Waals surface area contributed by atoms with E-state index in [0.29, 0.717) is 4.75 Å². The van der Waals surface area contributed by atoms with Gasteiger partial charge in [-0.3, -0.25) is 0 Å². The number of hydrogen-bond acceptors (Lipinski definition) is 1. The predicted molar refractivity (Wildman–Crippen MR) is 31.2 cm³/mol. The summed E-state index contributed by atoms with van der Waals surface area (Å²) in [5.41, 5.74) is 0. The molecule has 7 heavy (non-hydrogen) atoms. The molecule has 0 unspecified atom stereocenters. The first-order valence-corrected chi connectivity index (χ1v) is 4.40. The fourth-order valence-corrected chi connectivity index (χ4v) is 3.07. The van der Waals surface area contributed by atoms with Gasteiger partial charge in [-0.2, -0.15) is 0 Å². The molecule has 0 nitrogen and oxygen atoms in total. The third-order valence-corrected chi connectivity index (χ3v) is 1.94. The number of hydrogen-bond donors (Lipinski definition) is 0. The van der Waals surface area contributed by atoms with E-state index >= 15 is 0 Å². The summed E-state index contributed by atoms with van der Waals surface area (Å²) in [4.78, 5) is 0. The molecule has 2 heteroatoms. The molecule has 0 aromatic carbocycles. The molecule has 0 aliphatic rings. The summed E-state index contributed by atoms with van der Waals surface area (Å²) in [5.74, 6) is 0. The van der Waals surface area contributed by atoms with Crippen LogP contribution in [0, 0.1) is 3.53 Å². The van der Waals surface area contributed by atoms with Crippen LogP contribution in [-0.2, 0) is 19.2 Å². The van der Waals surface area contributed by atoms with Crippen LogP contribution in [0.3, 0.4) is 0 Å². The zero-order valence-electron chi connectivity index (χ0n) is 4.82. The Bertz CT molecular complexity index is 85.2. The van der Waals surface area contributed by atoms with Gasteiger partial charge in [0.2, 0.25) is 0 Å². The molecule has 0 N–H and O–H groups in total. The van der Waals surface area contributed by atoms with Gasteiger partial charge in [-0.15, -0.1) is 0 Å². The molecule has 0 radical (unpaired) electrons. The molecule has 0 aliphatic heterocycles. The molecular formula is C5H9SW. The van der Waals surface area contributed by atoms with Gasteiger partial charge in [0.15, 0.2) is 0 Å². The van der Waals surface area contributed by atoms with Crippen LogP contribution in [0.2, 0.25) is 0 Å². The molecule has 0 aromatic rings. The molecule has 0 aromatic heterocycles. The van der Waals surface area contributed by atoms with Gasteiger partial charge >= 0.3 is 60.0 Å². The van der Waals surface area contributed by atoms with Gasteiger partial charge < -0.3 is 0 Å². The normalized spacial score (nSPS) is 10.6. The van der Waals surface area contributed by atoms with E-state index in [1.807, 2.05) is 0 Å². The molecule has 0 rings (SSSR count). The Balaban J connectivity index is 3.40. The van der Waals surface area contributed by atoms with Crippen LogP contribution in [0.25, 0.3) is 0 Å². The molecule has 0 spiro atoms. The summed E-state index contributed by atoms with van der Waals surface area (Å²) in [6.45, 7) is 6.56. The van der Waals surface area contributed by atoms with E-state index in [4.69, 9.17) is 0 Å². The van der Waals surface area contributed by atoms with Crippen molar-refractivity contribution in [1.29, 1.82) is 0 Å². The second-order valence-electron chi connectivity index (χ2n) is 2.30. The monoisotopic (exact) mass is 285 g/mol. The van der Waals surface area contributed by atoms with Gasteiger partial charge in [0, 0.05) is 0 Å². The van der Waals surface area contributed by atoms with Crippen molar-refractivity contribution in [1.82, 2.24) is 0 Å². The van der Waals surface area contributed by atoms with Crippen LogP contribution in [0.4, 0.5) is 0 Å². The summed E-state index contributed by atoms with van der Waals surface area (Å²) >= 11 is 3.20. The molecule has 0 fully saturated rings. The van der Waals surface area contributed by atoms with Gasteiger partial charge in [-0.25, -0.2) is 0 Å². The van der Waals surface area contributed by atoms with Crippen molar-refractivity contribution in [2.24, 2.45) is 0 Å². The molecule has 0 heterocycles. The Labute approximate surface area is 60.1 Å². The summed E-state index contributed by atoms with van der Waals surface area (Å²) in [5, 5.41) is 0. The van der Waals surface area contributed by atoms with Crippen molar-refractivity contribution in [3.8, 4) is 3.53 Å². The van der Waals surface area contributed by atoms with Crippen molar-refractivity contribution in [2.45, 2.75) is 25.5 Å². The van der Waals surface area contributed by atoms with E-state index in [-0.39, 0.29) is 0 Å². The quantitative estimate of drug-likeness (QED) is 0.656. The van der Waals surface area contributed by atoms with Crippen molar-refractivity contribution in [3.05, 3.63) is 0 Å². The first-order valence-electron chi connectivity index (χ1n) is 2.11. The standard InChI is InChI=1S/C5H9S.W/c1-5(2,3)6-4;/h1-3H3;. The van der Waals surface area contributed by atoms with Gasteiger partial charge in [-0.1, -0.05) is 0 Å². The van der Waals surface area contributed by atoms with E-state index in [9.17, 15) is 0 Å². The fourth-order valence-electron chi connectivity index (χ4n) is 0.125. The van der Waals surface area contributed by atoms with Crippen LogP contribution < -0.4 is 0 Å². The van der Waals surface area contributed by atoms with Crippen molar-refractivity contribution >= 4 is 11.8 Å². The zero-order chi connectivity index (χ0) is 5.91. The topological polar surface area (TPSA) is 0 Å². The molecule has 0 bridgehead atoms. The van der Waals surface area contributed by atoms with E-state index in [2.05, 4.69) is 24.3 Å². The molecule has 0 atom stereocenters. The second-order valence-corrected chi connectivity index (χ2v) is 5.69. The Kier molecular flexibility index (Phi) is 3.32. The van der Waals surface area contributed by atoms with Gasteiger partial charge in [0.05, 0.1) is 0 Å². The van der Waals surface area contributed by atoms with Gasteiger partial charge in [0.1, 0.15) is 0 Å². The van der Waals surface area contributed by atoms with Crippen LogP contribution in [-0.4, -0.2) is 4.75 Å². The van der Waals surface area contributed by atoms with Crippen LogP contribution in [0.15, 0.2) is 0 Å². The summed E-state index contributed by atoms with van der Waals surface area (Å²) in [6.07, 6.45) is 0. The van der Waals surface area contributed by atoms with Gasteiger partial charge in [0.25, 0.3) is 0 Å². The van der Waals surface area contributed by atoms with E-state index in [1.54, 1.807) is 11.8 Å². The third-order valence-electron chi connectivity index (χ3n) is 0.348. The number of rotatable bonds is 0. The molecule has 0 saturated heterocycles. The maximum atomic E-state index is 3.11. The fraction of sp³-hybridized carbons (Fsp3) is 0.800. The average Bonchev–Trinajstić information content (AvgIpc) is 1.30. The van der Waals surface area contributed by atoms with Crippen molar-refractivity contribution < 1.29 is 19.2 Å². The zero-order valence-corrected chi connectivity index (χ0v) is 8.57. The minimum absolute atomic E-state index is 0.377. The molecular weight excluding hydrogens is 276 g/mol. The SMILES string of the molecule is CC(C)(C)S[C]#[W]. The summed E-state index contributed by atoms with van der Waals surface area (Å²) in [7, 11) is 0. The number of thioether (sulfide) groups is 1. The van der Waals surface area contributed by atoms with Crippen LogP contribution in [0.1, 0.15) is 20.8 Å². The third kappa shape index (κ3) is 6.82. The summed E-state index contributed by atoms with van der Waals surface area (Å²) in [6, 6.07) is 0. The Morgan fingerprint density at radius 3 is 1.86 bits per heavy atom. The van der Waals surface area contributed by atoms with Crippen molar-refractivity contribution in [3.63, 3.8) is 0 Å². The van der Waals surface area contributed by atoms with E-state index in [1.165, 1.54) is 19.2 Å². The Morgan fingerprint density at radius 2 is 1.86 bits per heavy atom. The molecule has 0 aliphatic carbocycles. The molecule has 0 saturated carbocycles. The van der Waals surface area contributed by atoms with Gasteiger partial charge in [-0.05, 0) is 0 Å². The molecule has 0 amide bonds. The summed E-state index contributed by atoms with van der Waals surface area (Å²) < 4.78 is 3.48. The van der Waals surface area contributed by atoms with Crippen molar-refractivity contribution in [2.75, 3.05) is 0 Å². The molecule has 41 valence electrons. The van der Waals surface area contributed by atoms with E-state index < -0.39 is 0 Å². The predicted octanol–water partition coefficient (Wildman–Crippen LogP) is 1.98. The second kappa shape index (κ2) is 2.97.